The number of hydrogen-bond acceptors (Lipinski definition) is 2. The van der Waals surface area contributed by atoms with Crippen molar-refractivity contribution >= 4 is 5.91 Å². The van der Waals surface area contributed by atoms with Gasteiger partial charge in [-0.3, -0.25) is 4.79 Å². The molecule has 1 aliphatic rings. The second-order valence-electron chi connectivity index (χ2n) is 4.10. The van der Waals surface area contributed by atoms with Crippen molar-refractivity contribution in [1.82, 2.24) is 9.80 Å². The fourth-order valence-electron chi connectivity index (χ4n) is 1.53. The van der Waals surface area contributed by atoms with E-state index >= 15 is 0 Å². The zero-order valence-corrected chi connectivity index (χ0v) is 8.92. The zero-order chi connectivity index (χ0) is 9.84. The van der Waals surface area contributed by atoms with Crippen molar-refractivity contribution in [3.8, 4) is 0 Å². The summed E-state index contributed by atoms with van der Waals surface area (Å²) in [6.07, 6.45) is 3.02. The Morgan fingerprint density at radius 2 is 1.92 bits per heavy atom. The van der Waals surface area contributed by atoms with E-state index in [2.05, 4.69) is 11.8 Å². The SMILES string of the molecule is CC(CC(=O)N1CCCC1)N(C)C. The van der Waals surface area contributed by atoms with Gasteiger partial charge in [-0.1, -0.05) is 0 Å². The summed E-state index contributed by atoms with van der Waals surface area (Å²) in [7, 11) is 4.03. The lowest BCUT2D eigenvalue weighted by atomic mass is 10.2. The second-order valence-corrected chi connectivity index (χ2v) is 4.10. The van der Waals surface area contributed by atoms with Crippen LogP contribution in [-0.2, 0) is 4.79 Å². The Bertz CT molecular complexity index is 174. The molecule has 0 bridgehead atoms. The molecular formula is C10H20N2O. The number of rotatable bonds is 3. The largest absolute Gasteiger partial charge is 0.343 e. The third kappa shape index (κ3) is 2.99. The highest BCUT2D eigenvalue weighted by Gasteiger charge is 2.20. The van der Waals surface area contributed by atoms with Crippen molar-refractivity contribution < 1.29 is 4.79 Å². The summed E-state index contributed by atoms with van der Waals surface area (Å²) < 4.78 is 0. The topological polar surface area (TPSA) is 23.6 Å². The predicted molar refractivity (Wildman–Crippen MR) is 53.6 cm³/mol. The monoisotopic (exact) mass is 184 g/mol. The van der Waals surface area contributed by atoms with Gasteiger partial charge in [0.2, 0.25) is 5.91 Å². The van der Waals surface area contributed by atoms with Gasteiger partial charge in [0, 0.05) is 25.6 Å². The van der Waals surface area contributed by atoms with E-state index in [1.165, 1.54) is 12.8 Å². The zero-order valence-electron chi connectivity index (χ0n) is 8.92. The van der Waals surface area contributed by atoms with Crippen LogP contribution in [0.25, 0.3) is 0 Å². The molecule has 0 spiro atoms. The van der Waals surface area contributed by atoms with E-state index in [0.717, 1.165) is 13.1 Å². The van der Waals surface area contributed by atoms with Crippen molar-refractivity contribution in [2.75, 3.05) is 27.2 Å². The molecule has 13 heavy (non-hydrogen) atoms. The lowest BCUT2D eigenvalue weighted by molar-refractivity contribution is -0.131. The van der Waals surface area contributed by atoms with Crippen LogP contribution in [0.4, 0.5) is 0 Å². The van der Waals surface area contributed by atoms with Crippen LogP contribution in [0, 0.1) is 0 Å². The number of hydrogen-bond donors (Lipinski definition) is 0. The molecule has 0 aliphatic carbocycles. The van der Waals surface area contributed by atoms with Crippen LogP contribution in [0.2, 0.25) is 0 Å². The first-order valence-corrected chi connectivity index (χ1v) is 5.05. The summed E-state index contributed by atoms with van der Waals surface area (Å²) in [5, 5.41) is 0. The van der Waals surface area contributed by atoms with Crippen molar-refractivity contribution in [3.05, 3.63) is 0 Å². The molecule has 0 saturated carbocycles. The highest BCUT2D eigenvalue weighted by Crippen LogP contribution is 2.10. The molecule has 1 amide bonds. The Labute approximate surface area is 80.7 Å². The summed E-state index contributed by atoms with van der Waals surface area (Å²) in [6.45, 7) is 4.03. The molecule has 3 nitrogen and oxygen atoms in total. The van der Waals surface area contributed by atoms with Crippen LogP contribution >= 0.6 is 0 Å². The number of carbonyl (C=O) groups excluding carboxylic acids is 1. The first kappa shape index (κ1) is 10.5. The Morgan fingerprint density at radius 1 is 1.38 bits per heavy atom. The standard InChI is InChI=1S/C10H20N2O/c1-9(11(2)3)8-10(13)12-6-4-5-7-12/h9H,4-8H2,1-3H3. The smallest absolute Gasteiger partial charge is 0.224 e. The summed E-state index contributed by atoms with van der Waals surface area (Å²) in [6, 6.07) is 0.355. The number of amides is 1. The van der Waals surface area contributed by atoms with Gasteiger partial charge in [-0.25, -0.2) is 0 Å². The van der Waals surface area contributed by atoms with E-state index in [1.807, 2.05) is 19.0 Å². The molecule has 1 unspecified atom stereocenters. The van der Waals surface area contributed by atoms with Gasteiger partial charge >= 0.3 is 0 Å². The van der Waals surface area contributed by atoms with Gasteiger partial charge in [0.15, 0.2) is 0 Å². The highest BCUT2D eigenvalue weighted by molar-refractivity contribution is 5.77. The molecule has 0 radical (unpaired) electrons. The van der Waals surface area contributed by atoms with Crippen LogP contribution in [0.15, 0.2) is 0 Å². The molecule has 1 rings (SSSR count). The van der Waals surface area contributed by atoms with Gasteiger partial charge in [-0.15, -0.1) is 0 Å². The molecule has 1 atom stereocenters. The fraction of sp³-hybridized carbons (Fsp3) is 0.900. The maximum atomic E-state index is 11.7. The lowest BCUT2D eigenvalue weighted by Crippen LogP contribution is -2.34. The molecule has 0 aromatic heterocycles. The van der Waals surface area contributed by atoms with Crippen molar-refractivity contribution in [2.24, 2.45) is 0 Å². The Balaban J connectivity index is 2.31. The molecule has 0 N–H and O–H groups in total. The minimum atomic E-state index is 0.318. The maximum Gasteiger partial charge on any atom is 0.224 e. The Kier molecular flexibility index (Phi) is 3.72. The van der Waals surface area contributed by atoms with Gasteiger partial charge in [0.1, 0.15) is 0 Å². The average Bonchev–Trinajstić information content (AvgIpc) is 2.55. The quantitative estimate of drug-likeness (QED) is 0.652. The summed E-state index contributed by atoms with van der Waals surface area (Å²) >= 11 is 0. The van der Waals surface area contributed by atoms with E-state index in [-0.39, 0.29) is 0 Å². The van der Waals surface area contributed by atoms with E-state index < -0.39 is 0 Å². The summed E-state index contributed by atoms with van der Waals surface area (Å²) in [5.74, 6) is 0.318. The van der Waals surface area contributed by atoms with Crippen LogP contribution in [0.1, 0.15) is 26.2 Å². The number of likely N-dealkylation sites (tertiary alicyclic amines) is 1. The van der Waals surface area contributed by atoms with Crippen LogP contribution in [-0.4, -0.2) is 48.9 Å². The van der Waals surface area contributed by atoms with E-state index in [1.54, 1.807) is 0 Å². The lowest BCUT2D eigenvalue weighted by Gasteiger charge is -2.22. The minimum Gasteiger partial charge on any atom is -0.343 e. The molecule has 3 heteroatoms. The molecule has 1 saturated heterocycles. The van der Waals surface area contributed by atoms with Crippen LogP contribution < -0.4 is 0 Å². The maximum absolute atomic E-state index is 11.7. The molecule has 1 heterocycles. The van der Waals surface area contributed by atoms with E-state index in [0.29, 0.717) is 18.4 Å². The Hall–Kier alpha value is -0.570. The minimum absolute atomic E-state index is 0.318. The molecule has 0 aromatic carbocycles. The second kappa shape index (κ2) is 4.61. The Morgan fingerprint density at radius 3 is 2.38 bits per heavy atom. The molecule has 1 aliphatic heterocycles. The molecule has 76 valence electrons. The van der Waals surface area contributed by atoms with Gasteiger partial charge in [-0.05, 0) is 33.9 Å². The summed E-state index contributed by atoms with van der Waals surface area (Å²) in [4.78, 5) is 15.7. The van der Waals surface area contributed by atoms with E-state index in [4.69, 9.17) is 0 Å². The third-order valence-corrected chi connectivity index (χ3v) is 2.81. The van der Waals surface area contributed by atoms with Crippen LogP contribution in [0.5, 0.6) is 0 Å². The molecular weight excluding hydrogens is 164 g/mol. The average molecular weight is 184 g/mol. The number of carbonyl (C=O) groups is 1. The molecule has 0 aromatic rings. The molecule has 1 fully saturated rings. The third-order valence-electron chi connectivity index (χ3n) is 2.81. The van der Waals surface area contributed by atoms with Crippen LogP contribution in [0.3, 0.4) is 0 Å². The van der Waals surface area contributed by atoms with Gasteiger partial charge in [-0.2, -0.15) is 0 Å². The first-order valence-electron chi connectivity index (χ1n) is 5.05. The van der Waals surface area contributed by atoms with Crippen molar-refractivity contribution in [2.45, 2.75) is 32.2 Å². The number of nitrogens with zero attached hydrogens (tertiary/aromatic N) is 2. The van der Waals surface area contributed by atoms with Crippen molar-refractivity contribution in [3.63, 3.8) is 0 Å². The highest BCUT2D eigenvalue weighted by atomic mass is 16.2. The van der Waals surface area contributed by atoms with Gasteiger partial charge < -0.3 is 9.80 Å². The normalized spacial score (nSPS) is 19.5. The van der Waals surface area contributed by atoms with Gasteiger partial charge in [0.25, 0.3) is 0 Å². The van der Waals surface area contributed by atoms with Crippen molar-refractivity contribution in [1.29, 1.82) is 0 Å². The van der Waals surface area contributed by atoms with E-state index in [9.17, 15) is 4.79 Å². The van der Waals surface area contributed by atoms with Gasteiger partial charge in [0.05, 0.1) is 0 Å². The predicted octanol–water partition coefficient (Wildman–Crippen LogP) is 0.949. The first-order chi connectivity index (χ1) is 6.11. The fourth-order valence-corrected chi connectivity index (χ4v) is 1.53. The summed E-state index contributed by atoms with van der Waals surface area (Å²) in [5.41, 5.74) is 0.